The van der Waals surface area contributed by atoms with E-state index in [-0.39, 0.29) is 11.7 Å². The maximum absolute atomic E-state index is 13.6. The van der Waals surface area contributed by atoms with Crippen LogP contribution >= 0.6 is 11.6 Å². The highest BCUT2D eigenvalue weighted by Crippen LogP contribution is 2.48. The number of rotatable bonds is 5. The summed E-state index contributed by atoms with van der Waals surface area (Å²) in [6, 6.07) is 13.0. The Morgan fingerprint density at radius 3 is 2.39 bits per heavy atom. The zero-order valence-corrected chi connectivity index (χ0v) is 19.8. The molecule has 4 rings (SSSR count). The van der Waals surface area contributed by atoms with Crippen molar-refractivity contribution in [2.75, 3.05) is 21.3 Å². The lowest BCUT2D eigenvalue weighted by molar-refractivity contribution is -0.136. The first kappa shape index (κ1) is 22.9. The SMILES string of the molecule is COC(=O)C1=C(C)NC2=C(C(=O)C[C@H](c3ccc(Cl)cc3)C2)[C@@H]1c1ccc(OC)cc1OC. The highest BCUT2D eigenvalue weighted by Gasteiger charge is 2.42. The number of ketones is 1. The van der Waals surface area contributed by atoms with Crippen LogP contribution in [0.1, 0.15) is 42.7 Å². The van der Waals surface area contributed by atoms with Crippen LogP contribution in [0.3, 0.4) is 0 Å². The first-order chi connectivity index (χ1) is 15.9. The largest absolute Gasteiger partial charge is 0.497 e. The molecule has 1 aliphatic carbocycles. The van der Waals surface area contributed by atoms with Crippen LogP contribution in [-0.2, 0) is 14.3 Å². The van der Waals surface area contributed by atoms with Crippen molar-refractivity contribution in [1.82, 2.24) is 5.32 Å². The molecule has 0 aromatic heterocycles. The topological polar surface area (TPSA) is 73.9 Å². The fraction of sp³-hybridized carbons (Fsp3) is 0.308. The number of hydrogen-bond acceptors (Lipinski definition) is 6. The third-order valence-electron chi connectivity index (χ3n) is 6.33. The first-order valence-electron chi connectivity index (χ1n) is 10.7. The Kier molecular flexibility index (Phi) is 6.47. The highest BCUT2D eigenvalue weighted by atomic mass is 35.5. The molecule has 0 saturated heterocycles. The lowest BCUT2D eigenvalue weighted by Crippen LogP contribution is -2.36. The van der Waals surface area contributed by atoms with Crippen LogP contribution in [0, 0.1) is 0 Å². The molecule has 0 radical (unpaired) electrons. The van der Waals surface area contributed by atoms with Gasteiger partial charge in [0.05, 0.1) is 32.8 Å². The van der Waals surface area contributed by atoms with Crippen LogP contribution in [0.15, 0.2) is 65.0 Å². The number of allylic oxidation sites excluding steroid dienone is 3. The summed E-state index contributed by atoms with van der Waals surface area (Å²) in [6.07, 6.45) is 0.980. The summed E-state index contributed by atoms with van der Waals surface area (Å²) in [5, 5.41) is 3.99. The van der Waals surface area contributed by atoms with Crippen molar-refractivity contribution in [3.05, 3.63) is 81.2 Å². The van der Waals surface area contributed by atoms with E-state index < -0.39 is 11.9 Å². The Labute approximate surface area is 198 Å². The van der Waals surface area contributed by atoms with Crippen LogP contribution < -0.4 is 14.8 Å². The monoisotopic (exact) mass is 467 g/mol. The summed E-state index contributed by atoms with van der Waals surface area (Å²) in [6.45, 7) is 1.83. The second kappa shape index (κ2) is 9.32. The smallest absolute Gasteiger partial charge is 0.336 e. The number of hydrogen-bond donors (Lipinski definition) is 1. The average molecular weight is 468 g/mol. The van der Waals surface area contributed by atoms with E-state index in [0.29, 0.717) is 51.8 Å². The van der Waals surface area contributed by atoms with Gasteiger partial charge in [0.15, 0.2) is 5.78 Å². The van der Waals surface area contributed by atoms with Gasteiger partial charge in [-0.2, -0.15) is 0 Å². The Bertz CT molecular complexity index is 1170. The number of nitrogens with one attached hydrogen (secondary N) is 1. The molecule has 172 valence electrons. The Morgan fingerprint density at radius 1 is 1.03 bits per heavy atom. The van der Waals surface area contributed by atoms with E-state index >= 15 is 0 Å². The summed E-state index contributed by atoms with van der Waals surface area (Å²) in [5.41, 5.74) is 4.23. The van der Waals surface area contributed by atoms with E-state index in [1.54, 1.807) is 26.4 Å². The van der Waals surface area contributed by atoms with Gasteiger partial charge in [-0.05, 0) is 43.0 Å². The summed E-state index contributed by atoms with van der Waals surface area (Å²) >= 11 is 6.05. The maximum Gasteiger partial charge on any atom is 0.336 e. The molecule has 0 unspecified atom stereocenters. The lowest BCUT2D eigenvalue weighted by atomic mass is 9.71. The second-order valence-electron chi connectivity index (χ2n) is 8.17. The number of ether oxygens (including phenoxy) is 3. The fourth-order valence-electron chi connectivity index (χ4n) is 4.76. The van der Waals surface area contributed by atoms with E-state index in [9.17, 15) is 9.59 Å². The van der Waals surface area contributed by atoms with Gasteiger partial charge in [-0.3, -0.25) is 4.79 Å². The van der Waals surface area contributed by atoms with Gasteiger partial charge >= 0.3 is 5.97 Å². The standard InChI is InChI=1S/C26H26ClNO5/c1-14-23(26(30)33-4)24(19-10-9-18(31-2)13-22(19)32-3)25-20(28-14)11-16(12-21(25)29)15-5-7-17(27)8-6-15/h5-10,13,16,24,28H,11-12H2,1-4H3/t16-,24-/m1/s1. The normalized spacial score (nSPS) is 20.2. The molecule has 1 heterocycles. The van der Waals surface area contributed by atoms with Gasteiger partial charge in [0, 0.05) is 40.0 Å². The molecule has 6 nitrogen and oxygen atoms in total. The maximum atomic E-state index is 13.6. The molecule has 0 spiro atoms. The summed E-state index contributed by atoms with van der Waals surface area (Å²) in [7, 11) is 4.47. The molecule has 0 saturated carbocycles. The van der Waals surface area contributed by atoms with E-state index in [4.69, 9.17) is 25.8 Å². The van der Waals surface area contributed by atoms with Gasteiger partial charge in [0.1, 0.15) is 11.5 Å². The third-order valence-corrected chi connectivity index (χ3v) is 6.58. The van der Waals surface area contributed by atoms with Crippen LogP contribution in [0.2, 0.25) is 5.02 Å². The molecular weight excluding hydrogens is 442 g/mol. The summed E-state index contributed by atoms with van der Waals surface area (Å²) in [5.74, 6) is 0.0782. The van der Waals surface area contributed by atoms with Crippen LogP contribution in [0.5, 0.6) is 11.5 Å². The predicted octanol–water partition coefficient (Wildman–Crippen LogP) is 4.89. The van der Waals surface area contributed by atoms with E-state index in [2.05, 4.69) is 5.32 Å². The number of methoxy groups -OCH3 is 3. The zero-order chi connectivity index (χ0) is 23.7. The molecule has 7 heteroatoms. The van der Waals surface area contributed by atoms with Gasteiger partial charge in [0.2, 0.25) is 0 Å². The molecule has 2 aliphatic rings. The molecule has 0 fully saturated rings. The molecule has 2 aromatic rings. The molecule has 0 amide bonds. The molecule has 1 N–H and O–H groups in total. The van der Waals surface area contributed by atoms with Crippen molar-refractivity contribution < 1.29 is 23.8 Å². The van der Waals surface area contributed by atoms with Crippen LogP contribution in [-0.4, -0.2) is 33.1 Å². The van der Waals surface area contributed by atoms with Crippen molar-refractivity contribution in [2.24, 2.45) is 0 Å². The number of esters is 1. The molecule has 1 aliphatic heterocycles. The average Bonchev–Trinajstić information content (AvgIpc) is 2.82. The zero-order valence-electron chi connectivity index (χ0n) is 19.0. The predicted molar refractivity (Wildman–Crippen MR) is 126 cm³/mol. The lowest BCUT2D eigenvalue weighted by Gasteiger charge is -2.37. The van der Waals surface area contributed by atoms with Crippen molar-refractivity contribution in [3.8, 4) is 11.5 Å². The van der Waals surface area contributed by atoms with Crippen LogP contribution in [0.25, 0.3) is 0 Å². The number of Topliss-reactive ketones (excluding diaryl/α,β-unsaturated/α-hetero) is 1. The number of carbonyl (C=O) groups is 2. The molecule has 2 aromatic carbocycles. The van der Waals surface area contributed by atoms with Crippen molar-refractivity contribution >= 4 is 23.4 Å². The number of dihydropyridines is 1. The van der Waals surface area contributed by atoms with Crippen molar-refractivity contribution in [3.63, 3.8) is 0 Å². The second-order valence-corrected chi connectivity index (χ2v) is 8.60. The van der Waals surface area contributed by atoms with E-state index in [0.717, 1.165) is 11.3 Å². The quantitative estimate of drug-likeness (QED) is 0.631. The molecule has 2 atom stereocenters. The van der Waals surface area contributed by atoms with Gasteiger partial charge in [0.25, 0.3) is 0 Å². The summed E-state index contributed by atoms with van der Waals surface area (Å²) < 4.78 is 16.1. The van der Waals surface area contributed by atoms with Gasteiger partial charge in [-0.25, -0.2) is 4.79 Å². The van der Waals surface area contributed by atoms with E-state index in [1.165, 1.54) is 7.11 Å². The minimum Gasteiger partial charge on any atom is -0.497 e. The van der Waals surface area contributed by atoms with Crippen molar-refractivity contribution in [2.45, 2.75) is 31.6 Å². The third kappa shape index (κ3) is 4.23. The number of halogens is 1. The van der Waals surface area contributed by atoms with Crippen LogP contribution in [0.4, 0.5) is 0 Å². The van der Waals surface area contributed by atoms with Crippen molar-refractivity contribution in [1.29, 1.82) is 0 Å². The van der Waals surface area contributed by atoms with Gasteiger partial charge in [-0.1, -0.05) is 29.8 Å². The number of benzene rings is 2. The molecule has 33 heavy (non-hydrogen) atoms. The van der Waals surface area contributed by atoms with Gasteiger partial charge < -0.3 is 19.5 Å². The minimum absolute atomic E-state index is 0.0134. The molecular formula is C26H26ClNO5. The summed E-state index contributed by atoms with van der Waals surface area (Å²) in [4.78, 5) is 26.4. The Hall–Kier alpha value is -3.25. The molecule has 0 bridgehead atoms. The first-order valence-corrected chi connectivity index (χ1v) is 11.1. The van der Waals surface area contributed by atoms with E-state index in [1.807, 2.05) is 37.3 Å². The minimum atomic E-state index is -0.603. The number of carbonyl (C=O) groups excluding carboxylic acids is 2. The highest BCUT2D eigenvalue weighted by molar-refractivity contribution is 6.30. The Morgan fingerprint density at radius 2 is 1.76 bits per heavy atom. The Balaban J connectivity index is 1.84. The fourth-order valence-corrected chi connectivity index (χ4v) is 4.88. The van der Waals surface area contributed by atoms with Gasteiger partial charge in [-0.15, -0.1) is 0 Å².